The van der Waals surface area contributed by atoms with E-state index in [-0.39, 0.29) is 57.6 Å². The number of rotatable bonds is 3. The van der Waals surface area contributed by atoms with Gasteiger partial charge in [0, 0.05) is 15.3 Å². The van der Waals surface area contributed by atoms with Gasteiger partial charge in [0.2, 0.25) is 17.7 Å². The smallest absolute Gasteiger partial charge is 0.244 e. The second-order valence-corrected chi connectivity index (χ2v) is 8.80. The number of hydrogen-bond donors (Lipinski definition) is 1. The Morgan fingerprint density at radius 2 is 1.58 bits per heavy atom. The first kappa shape index (κ1) is 16.3. The average Bonchev–Trinajstić information content (AvgIpc) is 3.16. The van der Waals surface area contributed by atoms with Gasteiger partial charge in [0.25, 0.3) is 0 Å². The minimum atomic E-state index is -0.346. The van der Waals surface area contributed by atoms with Crippen LogP contribution in [0.3, 0.4) is 0 Å². The van der Waals surface area contributed by atoms with Crippen LogP contribution in [-0.2, 0) is 14.4 Å². The Balaban J connectivity index is 1.49. The number of para-hydroxylation sites is 1. The van der Waals surface area contributed by atoms with Crippen molar-refractivity contribution >= 4 is 55.3 Å². The van der Waals surface area contributed by atoms with Crippen molar-refractivity contribution in [2.24, 2.45) is 23.7 Å². The average molecular weight is 456 g/mol. The second-order valence-electron chi connectivity index (χ2n) is 6.68. The van der Waals surface area contributed by atoms with Gasteiger partial charge in [0.1, 0.15) is 6.54 Å². The molecule has 1 aliphatic heterocycles. The number of carbonyl (C=O) groups excluding carboxylic acids is 3. The third-order valence-electron chi connectivity index (χ3n) is 5.44. The van der Waals surface area contributed by atoms with E-state index in [0.717, 1.165) is 11.3 Å². The van der Waals surface area contributed by atoms with Crippen LogP contribution in [0.15, 0.2) is 30.3 Å². The maximum absolute atomic E-state index is 12.7. The van der Waals surface area contributed by atoms with Crippen LogP contribution >= 0.6 is 31.9 Å². The molecule has 1 saturated heterocycles. The second kappa shape index (κ2) is 5.95. The third-order valence-corrected chi connectivity index (χ3v) is 8.64. The van der Waals surface area contributed by atoms with Crippen molar-refractivity contribution in [2.75, 3.05) is 11.9 Å². The summed E-state index contributed by atoms with van der Waals surface area (Å²) in [7, 11) is 0. The summed E-state index contributed by atoms with van der Waals surface area (Å²) in [5.74, 6) is -0.934. The molecule has 1 aromatic carbocycles. The Kier molecular flexibility index (Phi) is 4.03. The molecule has 0 spiro atoms. The largest absolute Gasteiger partial charge is 0.325 e. The van der Waals surface area contributed by atoms with Gasteiger partial charge in [0.05, 0.1) is 11.8 Å². The highest BCUT2D eigenvalue weighted by atomic mass is 79.9. The molecule has 0 unspecified atom stereocenters. The number of alkyl halides is 2. The monoisotopic (exact) mass is 454 g/mol. The van der Waals surface area contributed by atoms with Crippen LogP contribution in [0, 0.1) is 23.7 Å². The standard InChI is InChI=1S/C17H16Br2N2O3/c18-14-9-6-10(15(14)19)13-12(9)16(23)21(17(13)24)7-11(22)20-8-4-2-1-3-5-8/h1-5,9-10,12-15H,6-7H2,(H,20,22)/t9-,10-,12-,13+,14-,15+/m0/s1. The van der Waals surface area contributed by atoms with E-state index < -0.39 is 0 Å². The van der Waals surface area contributed by atoms with Crippen molar-refractivity contribution < 1.29 is 14.4 Å². The molecule has 126 valence electrons. The Morgan fingerprint density at radius 3 is 2.12 bits per heavy atom. The topological polar surface area (TPSA) is 66.5 Å². The third kappa shape index (κ3) is 2.36. The highest BCUT2D eigenvalue weighted by Crippen LogP contribution is 2.60. The number of halogens is 2. The number of imide groups is 1. The van der Waals surface area contributed by atoms with E-state index in [0.29, 0.717) is 5.69 Å². The van der Waals surface area contributed by atoms with Gasteiger partial charge in [-0.2, -0.15) is 0 Å². The number of hydrogen-bond acceptors (Lipinski definition) is 3. The molecule has 1 N–H and O–H groups in total. The van der Waals surface area contributed by atoms with E-state index in [9.17, 15) is 14.4 Å². The molecule has 6 atom stereocenters. The molecule has 4 rings (SSSR count). The van der Waals surface area contributed by atoms with Gasteiger partial charge >= 0.3 is 0 Å². The zero-order chi connectivity index (χ0) is 17.0. The van der Waals surface area contributed by atoms with Crippen molar-refractivity contribution in [3.8, 4) is 0 Å². The lowest BCUT2D eigenvalue weighted by atomic mass is 9.81. The molecular weight excluding hydrogens is 440 g/mol. The molecule has 3 fully saturated rings. The van der Waals surface area contributed by atoms with Crippen molar-refractivity contribution in [3.05, 3.63) is 30.3 Å². The highest BCUT2D eigenvalue weighted by Gasteiger charge is 2.66. The molecule has 0 aromatic heterocycles. The van der Waals surface area contributed by atoms with Crippen molar-refractivity contribution in [3.63, 3.8) is 0 Å². The molecule has 3 amide bonds. The predicted molar refractivity (Wildman–Crippen MR) is 95.8 cm³/mol. The molecule has 3 aliphatic rings. The number of amides is 3. The van der Waals surface area contributed by atoms with Crippen LogP contribution in [-0.4, -0.2) is 38.8 Å². The van der Waals surface area contributed by atoms with Gasteiger partial charge < -0.3 is 5.32 Å². The quantitative estimate of drug-likeness (QED) is 0.562. The zero-order valence-corrected chi connectivity index (χ0v) is 15.9. The Hall–Kier alpha value is -1.21. The summed E-state index contributed by atoms with van der Waals surface area (Å²) in [6, 6.07) is 9.02. The Labute approximate surface area is 156 Å². The van der Waals surface area contributed by atoms with Gasteiger partial charge in [-0.25, -0.2) is 0 Å². The lowest BCUT2D eigenvalue weighted by Gasteiger charge is -2.28. The summed E-state index contributed by atoms with van der Waals surface area (Å²) in [6.07, 6.45) is 0.892. The Bertz CT molecular complexity index is 679. The summed E-state index contributed by atoms with van der Waals surface area (Å²) >= 11 is 7.30. The van der Waals surface area contributed by atoms with Crippen molar-refractivity contribution in [1.82, 2.24) is 4.90 Å². The zero-order valence-electron chi connectivity index (χ0n) is 12.7. The van der Waals surface area contributed by atoms with E-state index in [1.54, 1.807) is 12.1 Å². The summed E-state index contributed by atoms with van der Waals surface area (Å²) < 4.78 is 0. The van der Waals surface area contributed by atoms with E-state index in [4.69, 9.17) is 0 Å². The first-order chi connectivity index (χ1) is 11.5. The summed E-state index contributed by atoms with van der Waals surface area (Å²) in [6.45, 7) is -0.209. The molecular formula is C17H16Br2N2O3. The maximum atomic E-state index is 12.7. The molecule has 24 heavy (non-hydrogen) atoms. The molecule has 5 nitrogen and oxygen atoms in total. The van der Waals surface area contributed by atoms with E-state index in [1.807, 2.05) is 18.2 Å². The number of fused-ring (bicyclic) bond motifs is 5. The van der Waals surface area contributed by atoms with Crippen LogP contribution in [0.25, 0.3) is 0 Å². The lowest BCUT2D eigenvalue weighted by Crippen LogP contribution is -2.39. The highest BCUT2D eigenvalue weighted by molar-refractivity contribution is 9.12. The minimum Gasteiger partial charge on any atom is -0.325 e. The van der Waals surface area contributed by atoms with Crippen LogP contribution in [0.5, 0.6) is 0 Å². The number of anilines is 1. The van der Waals surface area contributed by atoms with Crippen LogP contribution in [0.1, 0.15) is 6.42 Å². The lowest BCUT2D eigenvalue weighted by molar-refractivity contribution is -0.143. The van der Waals surface area contributed by atoms with Crippen LogP contribution < -0.4 is 5.32 Å². The molecule has 0 radical (unpaired) electrons. The van der Waals surface area contributed by atoms with Gasteiger partial charge in [-0.1, -0.05) is 50.1 Å². The van der Waals surface area contributed by atoms with Crippen molar-refractivity contribution in [2.45, 2.75) is 16.1 Å². The fourth-order valence-electron chi connectivity index (χ4n) is 4.43. The minimum absolute atomic E-state index is 0.169. The van der Waals surface area contributed by atoms with Gasteiger partial charge in [-0.05, 0) is 30.4 Å². The number of benzene rings is 1. The Morgan fingerprint density at radius 1 is 1.04 bits per heavy atom. The molecule has 1 heterocycles. The SMILES string of the molecule is O=C(CN1C(=O)[C@@H]2[C@@H]3C[C@H]([C@H](Br)[C@@H]3Br)[C@@H]2C1=O)Nc1ccccc1. The van der Waals surface area contributed by atoms with Gasteiger partial charge in [0.15, 0.2) is 0 Å². The first-order valence-electron chi connectivity index (χ1n) is 7.97. The number of carbonyl (C=O) groups is 3. The fraction of sp³-hybridized carbons (Fsp3) is 0.471. The van der Waals surface area contributed by atoms with E-state index in [2.05, 4.69) is 37.2 Å². The number of nitrogens with zero attached hydrogens (tertiary/aromatic N) is 1. The van der Waals surface area contributed by atoms with Gasteiger partial charge in [-0.3, -0.25) is 19.3 Å². The fourth-order valence-corrected chi connectivity index (χ4v) is 6.31. The normalized spacial score (nSPS) is 37.0. The molecule has 7 heteroatoms. The maximum Gasteiger partial charge on any atom is 0.244 e. The summed E-state index contributed by atoms with van der Waals surface area (Å²) in [5, 5.41) is 2.73. The van der Waals surface area contributed by atoms with Crippen molar-refractivity contribution in [1.29, 1.82) is 0 Å². The summed E-state index contributed by atoms with van der Waals surface area (Å²) in [5.41, 5.74) is 0.655. The van der Waals surface area contributed by atoms with Crippen LogP contribution in [0.2, 0.25) is 0 Å². The molecule has 2 bridgehead atoms. The molecule has 1 aromatic rings. The van der Waals surface area contributed by atoms with E-state index in [1.165, 1.54) is 0 Å². The molecule has 2 saturated carbocycles. The number of likely N-dealkylation sites (tertiary alicyclic amines) is 1. The van der Waals surface area contributed by atoms with Crippen LogP contribution in [0.4, 0.5) is 5.69 Å². The predicted octanol–water partition coefficient (Wildman–Crippen LogP) is 2.40. The summed E-state index contributed by atoms with van der Waals surface area (Å²) in [4.78, 5) is 39.2. The first-order valence-corrected chi connectivity index (χ1v) is 9.80. The molecule has 2 aliphatic carbocycles. The van der Waals surface area contributed by atoms with E-state index >= 15 is 0 Å². The number of nitrogens with one attached hydrogen (secondary N) is 1. The van der Waals surface area contributed by atoms with Gasteiger partial charge in [-0.15, -0.1) is 0 Å².